The summed E-state index contributed by atoms with van der Waals surface area (Å²) >= 11 is 0. The molecule has 1 aromatic heterocycles. The van der Waals surface area contributed by atoms with Gasteiger partial charge in [-0.15, -0.1) is 0 Å². The highest BCUT2D eigenvalue weighted by atomic mass is 16.5. The number of pyridine rings is 1. The summed E-state index contributed by atoms with van der Waals surface area (Å²) < 4.78 is 11.9. The van der Waals surface area contributed by atoms with Crippen molar-refractivity contribution in [1.82, 2.24) is 9.88 Å². The molecule has 2 aliphatic heterocycles. The largest absolute Gasteiger partial charge is 0.379 e. The Morgan fingerprint density at radius 2 is 2.20 bits per heavy atom. The van der Waals surface area contributed by atoms with Crippen molar-refractivity contribution in [3.05, 3.63) is 65.5 Å². The van der Waals surface area contributed by atoms with Crippen molar-refractivity contribution in [1.29, 1.82) is 5.26 Å². The molecule has 0 saturated carbocycles. The maximum Gasteiger partial charge on any atom is 0.0991 e. The number of ether oxygens (including phenoxy) is 2. The maximum atomic E-state index is 9.08. The van der Waals surface area contributed by atoms with Crippen LogP contribution < -0.4 is 0 Å². The summed E-state index contributed by atoms with van der Waals surface area (Å²) in [6.07, 6.45) is 1.96. The Labute approximate surface area is 147 Å². The van der Waals surface area contributed by atoms with E-state index in [0.29, 0.717) is 24.1 Å². The van der Waals surface area contributed by atoms with Crippen LogP contribution in [0.15, 0.2) is 48.7 Å². The van der Waals surface area contributed by atoms with Crippen molar-refractivity contribution in [3.8, 4) is 6.07 Å². The normalized spacial score (nSPS) is 25.6. The van der Waals surface area contributed by atoms with Crippen molar-refractivity contribution in [2.45, 2.75) is 25.3 Å². The molecule has 25 heavy (non-hydrogen) atoms. The minimum Gasteiger partial charge on any atom is -0.379 e. The summed E-state index contributed by atoms with van der Waals surface area (Å²) in [7, 11) is 0. The lowest BCUT2D eigenvalue weighted by molar-refractivity contribution is 0.00740. The summed E-state index contributed by atoms with van der Waals surface area (Å²) in [4.78, 5) is 6.76. The Bertz CT molecular complexity index is 759. The molecule has 0 spiro atoms. The Morgan fingerprint density at radius 1 is 1.24 bits per heavy atom. The topological polar surface area (TPSA) is 58.4 Å². The molecule has 128 valence electrons. The zero-order valence-electron chi connectivity index (χ0n) is 14.0. The van der Waals surface area contributed by atoms with E-state index < -0.39 is 0 Å². The van der Waals surface area contributed by atoms with E-state index >= 15 is 0 Å². The average molecular weight is 335 g/mol. The van der Waals surface area contributed by atoms with E-state index in [0.717, 1.165) is 37.6 Å². The van der Waals surface area contributed by atoms with Crippen LogP contribution in [-0.2, 0) is 22.6 Å². The van der Waals surface area contributed by atoms with Gasteiger partial charge in [0.2, 0.25) is 0 Å². The molecule has 0 amide bonds. The summed E-state index contributed by atoms with van der Waals surface area (Å²) in [6.45, 7) is 3.76. The van der Waals surface area contributed by atoms with Crippen LogP contribution in [0.25, 0.3) is 0 Å². The molecule has 3 atom stereocenters. The Balaban J connectivity index is 1.42. The van der Waals surface area contributed by atoms with Gasteiger partial charge >= 0.3 is 0 Å². The van der Waals surface area contributed by atoms with Gasteiger partial charge in [0.15, 0.2) is 0 Å². The zero-order chi connectivity index (χ0) is 17.1. The second-order valence-corrected chi connectivity index (χ2v) is 6.68. The fourth-order valence-corrected chi connectivity index (χ4v) is 3.80. The Kier molecular flexibility index (Phi) is 4.75. The smallest absolute Gasteiger partial charge is 0.0991 e. The highest BCUT2D eigenvalue weighted by molar-refractivity contribution is 5.32. The molecule has 4 rings (SSSR count). The number of hydrogen-bond acceptors (Lipinski definition) is 5. The first-order chi connectivity index (χ1) is 12.3. The van der Waals surface area contributed by atoms with E-state index in [1.165, 1.54) is 0 Å². The van der Waals surface area contributed by atoms with Gasteiger partial charge < -0.3 is 9.47 Å². The predicted molar refractivity (Wildman–Crippen MR) is 92.5 cm³/mol. The van der Waals surface area contributed by atoms with Crippen molar-refractivity contribution in [3.63, 3.8) is 0 Å². The van der Waals surface area contributed by atoms with E-state index in [4.69, 9.17) is 14.7 Å². The van der Waals surface area contributed by atoms with Gasteiger partial charge in [0.05, 0.1) is 43.3 Å². The van der Waals surface area contributed by atoms with Crippen molar-refractivity contribution in [2.24, 2.45) is 5.92 Å². The highest BCUT2D eigenvalue weighted by Crippen LogP contribution is 2.33. The van der Waals surface area contributed by atoms with Crippen LogP contribution in [0.3, 0.4) is 0 Å². The van der Waals surface area contributed by atoms with Gasteiger partial charge in [0.1, 0.15) is 0 Å². The molecule has 1 aromatic carbocycles. The third-order valence-electron chi connectivity index (χ3n) is 5.07. The number of benzene rings is 1. The lowest BCUT2D eigenvalue weighted by Crippen LogP contribution is -2.32. The molecular weight excluding hydrogens is 314 g/mol. The van der Waals surface area contributed by atoms with Gasteiger partial charge in [0, 0.05) is 31.2 Å². The Morgan fingerprint density at radius 3 is 3.04 bits per heavy atom. The van der Waals surface area contributed by atoms with Crippen LogP contribution in [0.2, 0.25) is 0 Å². The summed E-state index contributed by atoms with van der Waals surface area (Å²) in [6, 6.07) is 16.3. The summed E-state index contributed by atoms with van der Waals surface area (Å²) in [5.41, 5.74) is 2.83. The highest BCUT2D eigenvalue weighted by Gasteiger charge is 2.45. The second kappa shape index (κ2) is 7.32. The average Bonchev–Trinajstić information content (AvgIpc) is 3.25. The molecule has 0 bridgehead atoms. The lowest BCUT2D eigenvalue weighted by atomic mass is 10.0. The number of likely N-dealkylation sites (tertiary alicyclic amines) is 1. The third kappa shape index (κ3) is 3.57. The van der Waals surface area contributed by atoms with Crippen LogP contribution in [0, 0.1) is 17.2 Å². The summed E-state index contributed by atoms with van der Waals surface area (Å²) in [5, 5.41) is 9.08. The monoisotopic (exact) mass is 335 g/mol. The number of hydrogen-bond donors (Lipinski definition) is 0. The van der Waals surface area contributed by atoms with E-state index in [1.807, 2.05) is 36.4 Å². The van der Waals surface area contributed by atoms with Gasteiger partial charge in [-0.1, -0.05) is 18.2 Å². The molecule has 0 aliphatic carbocycles. The lowest BCUT2D eigenvalue weighted by Gasteiger charge is -2.22. The standard InChI is InChI=1S/C20H21N3O2/c21-9-15-4-3-5-16(8-15)10-23-11-20(18-13-24-14-19(18)23)25-12-17-6-1-2-7-22-17/h1-8,18-20H,10-14H2/t18-,19+,20-/m0/s1. The number of nitriles is 1. The fraction of sp³-hybridized carbons (Fsp3) is 0.400. The van der Waals surface area contributed by atoms with Crippen LogP contribution in [0.1, 0.15) is 16.8 Å². The molecule has 3 heterocycles. The fourth-order valence-electron chi connectivity index (χ4n) is 3.80. The minimum absolute atomic E-state index is 0.161. The molecule has 2 fully saturated rings. The first-order valence-electron chi connectivity index (χ1n) is 8.66. The van der Waals surface area contributed by atoms with E-state index in [1.54, 1.807) is 6.20 Å². The number of fused-ring (bicyclic) bond motifs is 1. The quantitative estimate of drug-likeness (QED) is 0.839. The predicted octanol–water partition coefficient (Wildman–Crippen LogP) is 2.37. The first-order valence-corrected chi connectivity index (χ1v) is 8.66. The van der Waals surface area contributed by atoms with Crippen LogP contribution in [-0.4, -0.2) is 41.8 Å². The molecule has 2 aliphatic rings. The first kappa shape index (κ1) is 16.2. The van der Waals surface area contributed by atoms with Crippen LogP contribution in [0.5, 0.6) is 0 Å². The molecule has 2 aromatic rings. The summed E-state index contributed by atoms with van der Waals surface area (Å²) in [5.74, 6) is 0.405. The van der Waals surface area contributed by atoms with E-state index in [9.17, 15) is 0 Å². The van der Waals surface area contributed by atoms with Gasteiger partial charge in [0.25, 0.3) is 0 Å². The van der Waals surface area contributed by atoms with Gasteiger partial charge in [-0.3, -0.25) is 9.88 Å². The molecule has 0 unspecified atom stereocenters. The molecule has 5 heteroatoms. The van der Waals surface area contributed by atoms with Gasteiger partial charge in [-0.2, -0.15) is 5.26 Å². The number of nitrogens with zero attached hydrogens (tertiary/aromatic N) is 3. The number of aromatic nitrogens is 1. The zero-order valence-corrected chi connectivity index (χ0v) is 14.0. The van der Waals surface area contributed by atoms with Crippen molar-refractivity contribution < 1.29 is 9.47 Å². The maximum absolute atomic E-state index is 9.08. The SMILES string of the molecule is N#Cc1cccc(CN2C[C@H](OCc3ccccn3)[C@H]3COC[C@H]32)c1. The minimum atomic E-state index is 0.161. The van der Waals surface area contributed by atoms with Crippen LogP contribution in [0.4, 0.5) is 0 Å². The molecule has 5 nitrogen and oxygen atoms in total. The molecule has 0 N–H and O–H groups in total. The van der Waals surface area contributed by atoms with Gasteiger partial charge in [-0.05, 0) is 29.8 Å². The Hall–Kier alpha value is -2.26. The van der Waals surface area contributed by atoms with E-state index in [-0.39, 0.29) is 6.10 Å². The molecule has 2 saturated heterocycles. The molecular formula is C20H21N3O2. The number of rotatable bonds is 5. The van der Waals surface area contributed by atoms with Crippen molar-refractivity contribution >= 4 is 0 Å². The molecule has 0 radical (unpaired) electrons. The van der Waals surface area contributed by atoms with Crippen molar-refractivity contribution in [2.75, 3.05) is 19.8 Å². The van der Waals surface area contributed by atoms with Crippen LogP contribution >= 0.6 is 0 Å². The van der Waals surface area contributed by atoms with E-state index in [2.05, 4.69) is 22.0 Å². The third-order valence-corrected chi connectivity index (χ3v) is 5.07. The second-order valence-electron chi connectivity index (χ2n) is 6.68. The van der Waals surface area contributed by atoms with Gasteiger partial charge in [-0.25, -0.2) is 0 Å².